The second-order valence-electron chi connectivity index (χ2n) is 6.64. The first-order chi connectivity index (χ1) is 13.1. The Balaban J connectivity index is 1.48. The van der Waals surface area contributed by atoms with E-state index < -0.39 is 0 Å². The van der Waals surface area contributed by atoms with Crippen molar-refractivity contribution >= 4 is 32.6 Å². The summed E-state index contributed by atoms with van der Waals surface area (Å²) in [7, 11) is 0. The van der Waals surface area contributed by atoms with Gasteiger partial charge in [-0.2, -0.15) is 0 Å². The quantitative estimate of drug-likeness (QED) is 0.682. The second-order valence-corrected chi connectivity index (χ2v) is 7.65. The number of ether oxygens (including phenoxy) is 1. The summed E-state index contributed by atoms with van der Waals surface area (Å²) in [6.07, 6.45) is 0. The van der Waals surface area contributed by atoms with E-state index in [4.69, 9.17) is 14.1 Å². The number of para-hydroxylation sites is 1. The van der Waals surface area contributed by atoms with Gasteiger partial charge in [-0.3, -0.25) is 4.79 Å². The van der Waals surface area contributed by atoms with E-state index in [0.29, 0.717) is 31.0 Å². The Kier molecular flexibility index (Phi) is 4.78. The number of thiazole rings is 1. The minimum atomic E-state index is 0.0481. The van der Waals surface area contributed by atoms with Crippen molar-refractivity contribution in [2.75, 3.05) is 37.7 Å². The SMILES string of the molecule is CCOc1cccc2sc(N3CCN(C(=O)c4cc(C)oc4C)CC3)nc12. The van der Waals surface area contributed by atoms with Gasteiger partial charge in [-0.25, -0.2) is 4.98 Å². The number of carbonyl (C=O) groups is 1. The lowest BCUT2D eigenvalue weighted by molar-refractivity contribution is 0.0745. The highest BCUT2D eigenvalue weighted by atomic mass is 32.1. The molecule has 0 atom stereocenters. The fraction of sp³-hybridized carbons (Fsp3) is 0.400. The zero-order valence-corrected chi connectivity index (χ0v) is 16.6. The molecule has 0 spiro atoms. The number of anilines is 1. The zero-order chi connectivity index (χ0) is 19.0. The number of piperazine rings is 1. The molecule has 0 radical (unpaired) electrons. The second kappa shape index (κ2) is 7.23. The molecule has 0 saturated carbocycles. The third-order valence-corrected chi connectivity index (χ3v) is 5.86. The van der Waals surface area contributed by atoms with Crippen LogP contribution in [0.3, 0.4) is 0 Å². The number of hydrogen-bond donors (Lipinski definition) is 0. The number of rotatable bonds is 4. The van der Waals surface area contributed by atoms with Gasteiger partial charge >= 0.3 is 0 Å². The van der Waals surface area contributed by atoms with Crippen LogP contribution in [0.2, 0.25) is 0 Å². The lowest BCUT2D eigenvalue weighted by Gasteiger charge is -2.34. The molecule has 7 heteroatoms. The van der Waals surface area contributed by atoms with Crippen LogP contribution in [-0.4, -0.2) is 48.6 Å². The summed E-state index contributed by atoms with van der Waals surface area (Å²) in [5, 5.41) is 0.986. The molecule has 0 N–H and O–H groups in total. The first-order valence-electron chi connectivity index (χ1n) is 9.20. The van der Waals surface area contributed by atoms with E-state index in [0.717, 1.165) is 39.9 Å². The number of amides is 1. The molecular weight excluding hydrogens is 362 g/mol. The van der Waals surface area contributed by atoms with Crippen molar-refractivity contribution in [3.8, 4) is 5.75 Å². The summed E-state index contributed by atoms with van der Waals surface area (Å²) < 4.78 is 12.3. The van der Waals surface area contributed by atoms with Crippen LogP contribution < -0.4 is 9.64 Å². The minimum absolute atomic E-state index is 0.0481. The lowest BCUT2D eigenvalue weighted by atomic mass is 10.2. The Morgan fingerprint density at radius 1 is 1.26 bits per heavy atom. The van der Waals surface area contributed by atoms with Gasteiger partial charge in [0.05, 0.1) is 16.9 Å². The van der Waals surface area contributed by atoms with E-state index in [1.165, 1.54) is 0 Å². The van der Waals surface area contributed by atoms with Gasteiger partial charge in [0.15, 0.2) is 5.13 Å². The van der Waals surface area contributed by atoms with E-state index in [1.54, 1.807) is 11.3 Å². The third kappa shape index (κ3) is 3.39. The Morgan fingerprint density at radius 3 is 2.70 bits per heavy atom. The summed E-state index contributed by atoms with van der Waals surface area (Å²) in [6, 6.07) is 7.86. The van der Waals surface area contributed by atoms with E-state index in [2.05, 4.69) is 11.0 Å². The van der Waals surface area contributed by atoms with Gasteiger partial charge in [0.1, 0.15) is 22.8 Å². The fourth-order valence-corrected chi connectivity index (χ4v) is 4.47. The summed E-state index contributed by atoms with van der Waals surface area (Å²) >= 11 is 1.67. The number of hydrogen-bond acceptors (Lipinski definition) is 6. The predicted molar refractivity (Wildman–Crippen MR) is 107 cm³/mol. The largest absolute Gasteiger partial charge is 0.492 e. The van der Waals surface area contributed by atoms with Crippen molar-refractivity contribution < 1.29 is 13.9 Å². The summed E-state index contributed by atoms with van der Waals surface area (Å²) in [4.78, 5) is 21.7. The van der Waals surface area contributed by atoms with E-state index in [9.17, 15) is 4.79 Å². The molecule has 0 aliphatic carbocycles. The predicted octanol–water partition coefficient (Wildman–Crippen LogP) is 3.87. The first kappa shape index (κ1) is 17.9. The average molecular weight is 385 g/mol. The van der Waals surface area contributed by atoms with Crippen LogP contribution in [0.1, 0.15) is 28.8 Å². The Hall–Kier alpha value is -2.54. The highest BCUT2D eigenvalue weighted by molar-refractivity contribution is 7.22. The van der Waals surface area contributed by atoms with Crippen LogP contribution >= 0.6 is 11.3 Å². The third-order valence-electron chi connectivity index (χ3n) is 4.78. The molecule has 3 aromatic rings. The molecule has 1 amide bonds. The monoisotopic (exact) mass is 385 g/mol. The van der Waals surface area contributed by atoms with Crippen LogP contribution in [0.25, 0.3) is 10.2 Å². The average Bonchev–Trinajstić information content (AvgIpc) is 3.25. The maximum Gasteiger partial charge on any atom is 0.257 e. The van der Waals surface area contributed by atoms with Crippen molar-refractivity contribution in [3.63, 3.8) is 0 Å². The standard InChI is InChI=1S/C20H23N3O3S/c1-4-25-16-6-5-7-17-18(16)21-20(27-17)23-10-8-22(9-11-23)19(24)15-12-13(2)26-14(15)3/h5-7,12H,4,8-11H2,1-3H3. The molecule has 27 heavy (non-hydrogen) atoms. The Morgan fingerprint density at radius 2 is 2.04 bits per heavy atom. The van der Waals surface area contributed by atoms with Crippen molar-refractivity contribution in [2.45, 2.75) is 20.8 Å². The minimum Gasteiger partial charge on any atom is -0.492 e. The van der Waals surface area contributed by atoms with Crippen LogP contribution in [0.5, 0.6) is 5.75 Å². The van der Waals surface area contributed by atoms with Gasteiger partial charge in [-0.1, -0.05) is 17.4 Å². The van der Waals surface area contributed by atoms with Crippen LogP contribution in [-0.2, 0) is 0 Å². The molecule has 1 aliphatic rings. The molecule has 142 valence electrons. The highest BCUT2D eigenvalue weighted by Crippen LogP contribution is 2.34. The van der Waals surface area contributed by atoms with Crippen LogP contribution in [0.15, 0.2) is 28.7 Å². The van der Waals surface area contributed by atoms with E-state index in [-0.39, 0.29) is 5.91 Å². The Labute approximate surface area is 162 Å². The summed E-state index contributed by atoms with van der Waals surface area (Å²) in [6.45, 7) is 9.20. The number of carbonyl (C=O) groups excluding carboxylic acids is 1. The summed E-state index contributed by atoms with van der Waals surface area (Å²) in [5.74, 6) is 2.34. The molecule has 1 saturated heterocycles. The molecule has 6 nitrogen and oxygen atoms in total. The van der Waals surface area contributed by atoms with Crippen molar-refractivity contribution in [1.29, 1.82) is 0 Å². The van der Waals surface area contributed by atoms with Gasteiger partial charge in [-0.05, 0) is 39.0 Å². The maximum absolute atomic E-state index is 12.8. The number of fused-ring (bicyclic) bond motifs is 1. The number of furan rings is 1. The first-order valence-corrected chi connectivity index (χ1v) is 10.0. The van der Waals surface area contributed by atoms with Gasteiger partial charge in [-0.15, -0.1) is 0 Å². The smallest absolute Gasteiger partial charge is 0.257 e. The molecule has 2 aromatic heterocycles. The van der Waals surface area contributed by atoms with Crippen molar-refractivity contribution in [2.24, 2.45) is 0 Å². The molecule has 0 bridgehead atoms. The molecule has 1 aromatic carbocycles. The van der Waals surface area contributed by atoms with Crippen LogP contribution in [0, 0.1) is 13.8 Å². The number of nitrogens with zero attached hydrogens (tertiary/aromatic N) is 3. The van der Waals surface area contributed by atoms with Gasteiger partial charge < -0.3 is 19.0 Å². The Bertz CT molecular complexity index is 970. The topological polar surface area (TPSA) is 58.8 Å². The molecule has 0 unspecified atom stereocenters. The van der Waals surface area contributed by atoms with Gasteiger partial charge in [0.25, 0.3) is 5.91 Å². The normalized spacial score (nSPS) is 14.8. The van der Waals surface area contributed by atoms with Crippen LogP contribution in [0.4, 0.5) is 5.13 Å². The number of aryl methyl sites for hydroxylation is 2. The molecule has 1 aliphatic heterocycles. The van der Waals surface area contributed by atoms with Gasteiger partial charge in [0.2, 0.25) is 0 Å². The van der Waals surface area contributed by atoms with Gasteiger partial charge in [0, 0.05) is 26.2 Å². The molecular formula is C20H23N3O3S. The maximum atomic E-state index is 12.8. The number of benzene rings is 1. The zero-order valence-electron chi connectivity index (χ0n) is 15.8. The van der Waals surface area contributed by atoms with Crippen molar-refractivity contribution in [3.05, 3.63) is 41.3 Å². The van der Waals surface area contributed by atoms with E-state index in [1.807, 2.05) is 43.9 Å². The highest BCUT2D eigenvalue weighted by Gasteiger charge is 2.26. The number of aromatic nitrogens is 1. The van der Waals surface area contributed by atoms with E-state index >= 15 is 0 Å². The van der Waals surface area contributed by atoms with Crippen molar-refractivity contribution in [1.82, 2.24) is 9.88 Å². The molecule has 1 fully saturated rings. The fourth-order valence-electron chi connectivity index (χ4n) is 3.43. The molecule has 3 heterocycles. The summed E-state index contributed by atoms with van der Waals surface area (Å²) in [5.41, 5.74) is 1.59. The lowest BCUT2D eigenvalue weighted by Crippen LogP contribution is -2.48. The molecule has 4 rings (SSSR count).